The summed E-state index contributed by atoms with van der Waals surface area (Å²) in [6.07, 6.45) is 0.814. The summed E-state index contributed by atoms with van der Waals surface area (Å²) in [4.78, 5) is 14.5. The first kappa shape index (κ1) is 12.7. The molecule has 1 rings (SSSR count). The van der Waals surface area contributed by atoms with Crippen molar-refractivity contribution in [1.29, 1.82) is 0 Å². The summed E-state index contributed by atoms with van der Waals surface area (Å²) in [5, 5.41) is 0. The minimum atomic E-state index is -0.262. The summed E-state index contributed by atoms with van der Waals surface area (Å²) >= 11 is 0. The van der Waals surface area contributed by atoms with Gasteiger partial charge in [0.25, 0.3) is 0 Å². The molecule has 0 aromatic heterocycles. The van der Waals surface area contributed by atoms with Crippen molar-refractivity contribution in [2.75, 3.05) is 6.54 Å². The van der Waals surface area contributed by atoms with E-state index in [1.165, 1.54) is 0 Å². The van der Waals surface area contributed by atoms with E-state index in [-0.39, 0.29) is 17.5 Å². The molecule has 0 amide bonds. The van der Waals surface area contributed by atoms with Crippen LogP contribution in [-0.4, -0.2) is 35.4 Å². The highest BCUT2D eigenvalue weighted by atomic mass is 16.1. The molecular weight excluding hydrogens is 188 g/mol. The zero-order chi connectivity index (χ0) is 11.8. The number of nitrogens with zero attached hydrogens (tertiary/aromatic N) is 1. The molecule has 1 aliphatic heterocycles. The molecule has 0 unspecified atom stereocenters. The van der Waals surface area contributed by atoms with Gasteiger partial charge in [-0.15, -0.1) is 0 Å². The van der Waals surface area contributed by atoms with Crippen LogP contribution in [0.1, 0.15) is 41.0 Å². The number of Topliss-reactive ketones (excluding diaryl/α,β-unsaturated/α-hetero) is 1. The lowest BCUT2D eigenvalue weighted by atomic mass is 9.85. The lowest BCUT2D eigenvalue weighted by Crippen LogP contribution is -2.45. The summed E-state index contributed by atoms with van der Waals surface area (Å²) in [5.74, 6) is 0.323. The van der Waals surface area contributed by atoms with Gasteiger partial charge >= 0.3 is 0 Å². The number of nitrogens with two attached hydrogens (primary N) is 1. The second-order valence-corrected chi connectivity index (χ2v) is 5.92. The maximum absolute atomic E-state index is 12.2. The first-order chi connectivity index (χ1) is 6.73. The van der Waals surface area contributed by atoms with Gasteiger partial charge in [-0.2, -0.15) is 0 Å². The fraction of sp³-hybridized carbons (Fsp3) is 0.917. The largest absolute Gasteiger partial charge is 0.326 e. The molecule has 88 valence electrons. The monoisotopic (exact) mass is 212 g/mol. The molecule has 0 aliphatic carbocycles. The molecule has 3 nitrogen and oxygen atoms in total. The summed E-state index contributed by atoms with van der Waals surface area (Å²) < 4.78 is 0. The lowest BCUT2D eigenvalue weighted by Gasteiger charge is -2.31. The summed E-state index contributed by atoms with van der Waals surface area (Å²) in [5.41, 5.74) is 5.68. The SMILES string of the molecule is CC(C)N1C[C@H](N)C[C@H]1C(=O)C(C)(C)C. The van der Waals surface area contributed by atoms with E-state index in [1.807, 2.05) is 20.8 Å². The molecule has 3 heteroatoms. The Morgan fingerprint density at radius 1 is 1.40 bits per heavy atom. The van der Waals surface area contributed by atoms with Gasteiger partial charge in [-0.05, 0) is 20.3 Å². The lowest BCUT2D eigenvalue weighted by molar-refractivity contribution is -0.131. The smallest absolute Gasteiger partial charge is 0.155 e. The topological polar surface area (TPSA) is 46.3 Å². The van der Waals surface area contributed by atoms with Gasteiger partial charge in [0, 0.05) is 24.0 Å². The second-order valence-electron chi connectivity index (χ2n) is 5.92. The normalized spacial score (nSPS) is 28.7. The molecule has 0 radical (unpaired) electrons. The molecule has 1 aliphatic rings. The van der Waals surface area contributed by atoms with E-state index in [0.29, 0.717) is 11.8 Å². The Hall–Kier alpha value is -0.410. The van der Waals surface area contributed by atoms with Gasteiger partial charge in [0.05, 0.1) is 6.04 Å². The van der Waals surface area contributed by atoms with Gasteiger partial charge in [0.15, 0.2) is 5.78 Å². The Labute approximate surface area is 93.0 Å². The van der Waals surface area contributed by atoms with Crippen LogP contribution in [0.25, 0.3) is 0 Å². The third-order valence-electron chi connectivity index (χ3n) is 3.08. The van der Waals surface area contributed by atoms with Crippen LogP contribution in [-0.2, 0) is 4.79 Å². The third-order valence-corrected chi connectivity index (χ3v) is 3.08. The van der Waals surface area contributed by atoms with Gasteiger partial charge < -0.3 is 5.73 Å². The van der Waals surface area contributed by atoms with Crippen molar-refractivity contribution in [2.24, 2.45) is 11.1 Å². The van der Waals surface area contributed by atoms with Crippen LogP contribution in [0.3, 0.4) is 0 Å². The van der Waals surface area contributed by atoms with E-state index in [1.54, 1.807) is 0 Å². The van der Waals surface area contributed by atoms with E-state index in [2.05, 4.69) is 18.7 Å². The Balaban J connectivity index is 2.80. The van der Waals surface area contributed by atoms with Crippen molar-refractivity contribution in [2.45, 2.75) is 59.2 Å². The molecule has 15 heavy (non-hydrogen) atoms. The number of likely N-dealkylation sites (tertiary alicyclic amines) is 1. The molecule has 1 heterocycles. The van der Waals surface area contributed by atoms with Crippen LogP contribution >= 0.6 is 0 Å². The number of carbonyl (C=O) groups is 1. The Morgan fingerprint density at radius 3 is 2.33 bits per heavy atom. The van der Waals surface area contributed by atoms with E-state index in [9.17, 15) is 4.79 Å². The van der Waals surface area contributed by atoms with Crippen LogP contribution in [0.4, 0.5) is 0 Å². The predicted molar refractivity (Wildman–Crippen MR) is 62.7 cm³/mol. The van der Waals surface area contributed by atoms with Crippen molar-refractivity contribution in [3.8, 4) is 0 Å². The highest BCUT2D eigenvalue weighted by Crippen LogP contribution is 2.27. The molecule has 1 fully saturated rings. The third kappa shape index (κ3) is 2.79. The van der Waals surface area contributed by atoms with Gasteiger partial charge in [0.1, 0.15) is 0 Å². The minimum Gasteiger partial charge on any atom is -0.326 e. The van der Waals surface area contributed by atoms with Gasteiger partial charge in [-0.25, -0.2) is 0 Å². The minimum absolute atomic E-state index is 0.0278. The average molecular weight is 212 g/mol. The molecule has 0 spiro atoms. The molecular formula is C12H24N2O. The highest BCUT2D eigenvalue weighted by molar-refractivity contribution is 5.89. The number of hydrogen-bond acceptors (Lipinski definition) is 3. The first-order valence-electron chi connectivity index (χ1n) is 5.79. The van der Waals surface area contributed by atoms with E-state index < -0.39 is 0 Å². The van der Waals surface area contributed by atoms with Crippen LogP contribution in [0.2, 0.25) is 0 Å². The maximum atomic E-state index is 12.2. The van der Waals surface area contributed by atoms with E-state index in [0.717, 1.165) is 13.0 Å². The quantitative estimate of drug-likeness (QED) is 0.753. The molecule has 2 N–H and O–H groups in total. The number of hydrogen-bond donors (Lipinski definition) is 1. The predicted octanol–water partition coefficient (Wildman–Crippen LogP) is 1.41. The fourth-order valence-corrected chi connectivity index (χ4v) is 2.22. The Bertz CT molecular complexity index is 242. The second kappa shape index (κ2) is 4.22. The van der Waals surface area contributed by atoms with Gasteiger partial charge in [0.2, 0.25) is 0 Å². The Morgan fingerprint density at radius 2 is 1.93 bits per heavy atom. The summed E-state index contributed by atoms with van der Waals surface area (Å²) in [6, 6.07) is 0.582. The average Bonchev–Trinajstić information content (AvgIpc) is 2.44. The molecule has 0 bridgehead atoms. The van der Waals surface area contributed by atoms with Crippen molar-refractivity contribution < 1.29 is 4.79 Å². The fourth-order valence-electron chi connectivity index (χ4n) is 2.22. The van der Waals surface area contributed by atoms with Crippen molar-refractivity contribution in [1.82, 2.24) is 4.90 Å². The highest BCUT2D eigenvalue weighted by Gasteiger charge is 2.40. The van der Waals surface area contributed by atoms with Gasteiger partial charge in [-0.3, -0.25) is 9.69 Å². The summed E-state index contributed by atoms with van der Waals surface area (Å²) in [6.45, 7) is 11.1. The summed E-state index contributed by atoms with van der Waals surface area (Å²) in [7, 11) is 0. The van der Waals surface area contributed by atoms with Crippen molar-refractivity contribution in [3.05, 3.63) is 0 Å². The first-order valence-corrected chi connectivity index (χ1v) is 5.79. The van der Waals surface area contributed by atoms with Crippen LogP contribution in [0, 0.1) is 5.41 Å². The number of carbonyl (C=O) groups excluding carboxylic acids is 1. The molecule has 0 saturated carbocycles. The van der Waals surface area contributed by atoms with Crippen molar-refractivity contribution in [3.63, 3.8) is 0 Å². The zero-order valence-corrected chi connectivity index (χ0v) is 10.6. The van der Waals surface area contributed by atoms with Crippen LogP contribution < -0.4 is 5.73 Å². The van der Waals surface area contributed by atoms with Gasteiger partial charge in [-0.1, -0.05) is 20.8 Å². The maximum Gasteiger partial charge on any atom is 0.155 e. The number of ketones is 1. The van der Waals surface area contributed by atoms with E-state index in [4.69, 9.17) is 5.73 Å². The molecule has 2 atom stereocenters. The van der Waals surface area contributed by atoms with Crippen LogP contribution in [0.15, 0.2) is 0 Å². The van der Waals surface area contributed by atoms with Crippen molar-refractivity contribution >= 4 is 5.78 Å². The molecule has 1 saturated heterocycles. The molecule has 0 aromatic carbocycles. The molecule has 0 aromatic rings. The van der Waals surface area contributed by atoms with E-state index >= 15 is 0 Å². The van der Waals surface area contributed by atoms with Crippen LogP contribution in [0.5, 0.6) is 0 Å². The Kier molecular flexibility index (Phi) is 3.56. The standard InChI is InChI=1S/C12H24N2O/c1-8(2)14-7-9(13)6-10(14)11(15)12(3,4)5/h8-10H,6-7,13H2,1-5H3/t9-,10+/m1/s1. The zero-order valence-electron chi connectivity index (χ0n) is 10.6. The number of rotatable bonds is 2.